The Balaban J connectivity index is 1.85. The van der Waals surface area contributed by atoms with Crippen LogP contribution in [0.1, 0.15) is 24.8 Å². The first-order chi connectivity index (χ1) is 10.1. The molecular weight excluding hydrogens is 282 g/mol. The highest BCUT2D eigenvalue weighted by molar-refractivity contribution is 7.99. The van der Waals surface area contributed by atoms with Crippen LogP contribution in [0, 0.1) is 11.3 Å². The molecule has 21 heavy (non-hydrogen) atoms. The summed E-state index contributed by atoms with van der Waals surface area (Å²) in [6.45, 7) is 0.391. The smallest absolute Gasteiger partial charge is 0.238 e. The minimum Gasteiger partial charge on any atom is -0.325 e. The fourth-order valence-electron chi connectivity index (χ4n) is 2.75. The van der Waals surface area contributed by atoms with Crippen LogP contribution in [0.5, 0.6) is 0 Å². The van der Waals surface area contributed by atoms with Crippen molar-refractivity contribution in [2.45, 2.75) is 30.6 Å². The molecule has 1 aromatic carbocycles. The first-order valence-electron chi connectivity index (χ1n) is 7.15. The van der Waals surface area contributed by atoms with E-state index in [1.807, 2.05) is 18.8 Å². The summed E-state index contributed by atoms with van der Waals surface area (Å²) in [5.74, 6) is -0.0276. The van der Waals surface area contributed by atoms with Crippen molar-refractivity contribution in [3.05, 3.63) is 29.8 Å². The number of nitriles is 1. The van der Waals surface area contributed by atoms with Gasteiger partial charge in [0.05, 0.1) is 18.2 Å². The number of amides is 1. The maximum atomic E-state index is 12.1. The second-order valence-electron chi connectivity index (χ2n) is 5.48. The van der Waals surface area contributed by atoms with Crippen LogP contribution < -0.4 is 5.32 Å². The van der Waals surface area contributed by atoms with E-state index >= 15 is 0 Å². The summed E-state index contributed by atoms with van der Waals surface area (Å²) < 4.78 is 0. The van der Waals surface area contributed by atoms with Crippen molar-refractivity contribution in [1.29, 1.82) is 5.26 Å². The number of rotatable bonds is 5. The molecular formula is C16H21N3OS. The standard InChI is InChI=1S/C16H21N3OS/c1-19(14-6-7-15(9-14)21-2)11-16(20)18-13-5-3-4-12(8-13)10-17/h3-5,8,14-15H,6-7,9,11H2,1-2H3,(H,18,20)/t14-,15+/m1/s1. The molecule has 1 amide bonds. The van der Waals surface area contributed by atoms with Gasteiger partial charge in [0.1, 0.15) is 0 Å². The van der Waals surface area contributed by atoms with Crippen molar-refractivity contribution < 1.29 is 4.79 Å². The second-order valence-corrected chi connectivity index (χ2v) is 6.62. The van der Waals surface area contributed by atoms with E-state index in [1.165, 1.54) is 12.8 Å². The molecule has 1 saturated carbocycles. The highest BCUT2D eigenvalue weighted by Crippen LogP contribution is 2.30. The predicted octanol–water partition coefficient (Wildman–Crippen LogP) is 2.71. The van der Waals surface area contributed by atoms with Crippen LogP contribution >= 0.6 is 11.8 Å². The van der Waals surface area contributed by atoms with Gasteiger partial charge in [-0.1, -0.05) is 6.07 Å². The van der Waals surface area contributed by atoms with Crippen molar-refractivity contribution >= 4 is 23.4 Å². The van der Waals surface area contributed by atoms with E-state index in [4.69, 9.17) is 5.26 Å². The minimum atomic E-state index is -0.0276. The van der Waals surface area contributed by atoms with Gasteiger partial charge in [-0.05, 0) is 50.8 Å². The summed E-state index contributed by atoms with van der Waals surface area (Å²) in [6, 6.07) is 9.57. The van der Waals surface area contributed by atoms with Crippen LogP contribution in [0.4, 0.5) is 5.69 Å². The molecule has 0 aromatic heterocycles. The zero-order chi connectivity index (χ0) is 15.2. The van der Waals surface area contributed by atoms with E-state index in [0.717, 1.165) is 11.7 Å². The topological polar surface area (TPSA) is 56.1 Å². The monoisotopic (exact) mass is 303 g/mol. The molecule has 2 rings (SSSR count). The van der Waals surface area contributed by atoms with Gasteiger partial charge in [-0.2, -0.15) is 17.0 Å². The van der Waals surface area contributed by atoms with E-state index in [-0.39, 0.29) is 5.91 Å². The molecule has 0 unspecified atom stereocenters. The molecule has 1 N–H and O–H groups in total. The Hall–Kier alpha value is -1.51. The van der Waals surface area contributed by atoms with Gasteiger partial charge in [-0.3, -0.25) is 9.69 Å². The molecule has 1 fully saturated rings. The third kappa shape index (κ3) is 4.48. The van der Waals surface area contributed by atoms with Gasteiger partial charge in [0.15, 0.2) is 0 Å². The van der Waals surface area contributed by atoms with Gasteiger partial charge < -0.3 is 5.32 Å². The lowest BCUT2D eigenvalue weighted by atomic mass is 10.2. The van der Waals surface area contributed by atoms with E-state index in [2.05, 4.69) is 22.5 Å². The summed E-state index contributed by atoms with van der Waals surface area (Å²) >= 11 is 1.92. The van der Waals surface area contributed by atoms with Gasteiger partial charge in [0.25, 0.3) is 0 Å². The van der Waals surface area contributed by atoms with Gasteiger partial charge in [0, 0.05) is 17.0 Å². The van der Waals surface area contributed by atoms with E-state index < -0.39 is 0 Å². The van der Waals surface area contributed by atoms with E-state index in [9.17, 15) is 4.79 Å². The SMILES string of the molecule is CS[C@H]1CC[C@@H](N(C)CC(=O)Nc2cccc(C#N)c2)C1. The highest BCUT2D eigenvalue weighted by atomic mass is 32.2. The zero-order valence-electron chi connectivity index (χ0n) is 12.5. The fourth-order valence-corrected chi connectivity index (χ4v) is 3.54. The van der Waals surface area contributed by atoms with Crippen LogP contribution in [-0.2, 0) is 4.79 Å². The average molecular weight is 303 g/mol. The molecule has 1 aliphatic carbocycles. The third-order valence-electron chi connectivity index (χ3n) is 3.98. The number of benzene rings is 1. The Morgan fingerprint density at radius 2 is 2.33 bits per heavy atom. The first kappa shape index (κ1) is 15.9. The van der Waals surface area contributed by atoms with Crippen LogP contribution in [0.3, 0.4) is 0 Å². The Labute approximate surface area is 130 Å². The maximum absolute atomic E-state index is 12.1. The van der Waals surface area contributed by atoms with Gasteiger partial charge in [0.2, 0.25) is 5.91 Å². The van der Waals surface area contributed by atoms with Crippen molar-refractivity contribution in [2.75, 3.05) is 25.2 Å². The number of carbonyl (C=O) groups excluding carboxylic acids is 1. The molecule has 1 aromatic rings. The second kappa shape index (κ2) is 7.48. The molecule has 112 valence electrons. The Kier molecular flexibility index (Phi) is 5.66. The number of thioether (sulfide) groups is 1. The number of anilines is 1. The molecule has 4 nitrogen and oxygen atoms in total. The molecule has 1 aliphatic rings. The van der Waals surface area contributed by atoms with Gasteiger partial charge >= 0.3 is 0 Å². The lowest BCUT2D eigenvalue weighted by Gasteiger charge is -2.23. The zero-order valence-corrected chi connectivity index (χ0v) is 13.3. The fraction of sp³-hybridized carbons (Fsp3) is 0.500. The first-order valence-corrected chi connectivity index (χ1v) is 8.44. The van der Waals surface area contributed by atoms with Gasteiger partial charge in [-0.15, -0.1) is 0 Å². The number of likely N-dealkylation sites (N-methyl/N-ethyl adjacent to an activating group) is 1. The molecule has 0 bridgehead atoms. The number of hydrogen-bond donors (Lipinski definition) is 1. The number of carbonyl (C=O) groups is 1. The molecule has 0 saturated heterocycles. The van der Waals surface area contributed by atoms with Crippen LogP contribution in [0.25, 0.3) is 0 Å². The molecule has 0 spiro atoms. The van der Waals surface area contributed by atoms with Crippen LogP contribution in [-0.4, -0.2) is 41.9 Å². The largest absolute Gasteiger partial charge is 0.325 e. The Bertz CT molecular complexity index is 541. The van der Waals surface area contributed by atoms with E-state index in [0.29, 0.717) is 23.8 Å². The molecule has 0 heterocycles. The number of nitrogens with one attached hydrogen (secondary N) is 1. The Morgan fingerprint density at radius 1 is 1.52 bits per heavy atom. The maximum Gasteiger partial charge on any atom is 0.238 e. The lowest BCUT2D eigenvalue weighted by molar-refractivity contribution is -0.117. The quantitative estimate of drug-likeness (QED) is 0.908. The lowest BCUT2D eigenvalue weighted by Crippen LogP contribution is -2.36. The molecule has 0 aliphatic heterocycles. The normalized spacial score (nSPS) is 21.2. The van der Waals surface area contributed by atoms with Crippen LogP contribution in [0.2, 0.25) is 0 Å². The summed E-state index contributed by atoms with van der Waals surface area (Å²) in [5, 5.41) is 12.4. The number of nitrogens with zero attached hydrogens (tertiary/aromatic N) is 2. The van der Waals surface area contributed by atoms with Gasteiger partial charge in [-0.25, -0.2) is 0 Å². The van der Waals surface area contributed by atoms with Crippen molar-refractivity contribution in [3.63, 3.8) is 0 Å². The van der Waals surface area contributed by atoms with Crippen molar-refractivity contribution in [3.8, 4) is 6.07 Å². The predicted molar refractivity (Wildman–Crippen MR) is 87.4 cm³/mol. The van der Waals surface area contributed by atoms with Crippen LogP contribution in [0.15, 0.2) is 24.3 Å². The third-order valence-corrected chi connectivity index (χ3v) is 5.08. The summed E-state index contributed by atoms with van der Waals surface area (Å²) in [7, 11) is 2.01. The minimum absolute atomic E-state index is 0.0276. The van der Waals surface area contributed by atoms with Crippen molar-refractivity contribution in [2.24, 2.45) is 0 Å². The summed E-state index contributed by atoms with van der Waals surface area (Å²) in [4.78, 5) is 14.2. The average Bonchev–Trinajstić information content (AvgIpc) is 2.96. The summed E-state index contributed by atoms with van der Waals surface area (Å²) in [5.41, 5.74) is 1.24. The Morgan fingerprint density at radius 3 is 3.00 bits per heavy atom. The highest BCUT2D eigenvalue weighted by Gasteiger charge is 2.27. The molecule has 5 heteroatoms. The van der Waals surface area contributed by atoms with Crippen molar-refractivity contribution in [1.82, 2.24) is 4.90 Å². The summed E-state index contributed by atoms with van der Waals surface area (Å²) in [6.07, 6.45) is 5.72. The molecule has 2 atom stereocenters. The molecule has 0 radical (unpaired) electrons. The van der Waals surface area contributed by atoms with E-state index in [1.54, 1.807) is 24.3 Å². The number of hydrogen-bond acceptors (Lipinski definition) is 4.